The molecule has 0 bridgehead atoms. The fourth-order valence-electron chi connectivity index (χ4n) is 2.11. The van der Waals surface area contributed by atoms with Crippen molar-refractivity contribution in [1.82, 2.24) is 10.3 Å². The maximum absolute atomic E-state index is 12.2. The molecule has 2 aliphatic rings. The quantitative estimate of drug-likeness (QED) is 0.810. The van der Waals surface area contributed by atoms with E-state index < -0.39 is 0 Å². The van der Waals surface area contributed by atoms with Crippen LogP contribution in [0.1, 0.15) is 16.8 Å². The second-order valence-corrected chi connectivity index (χ2v) is 5.66. The molecule has 0 aromatic heterocycles. The third kappa shape index (κ3) is 2.63. The van der Waals surface area contributed by atoms with E-state index >= 15 is 0 Å². The molecule has 3 N–H and O–H groups in total. The number of hydrogen-bond donors (Lipinski definition) is 2. The number of nitrogens with two attached hydrogens (primary N) is 1. The van der Waals surface area contributed by atoms with Crippen molar-refractivity contribution in [3.8, 4) is 12.1 Å². The number of benzene rings is 1. The Bertz CT molecular complexity index is 856. The number of amides is 1. The number of hydrogen-bond acceptors (Lipinski definition) is 7. The van der Waals surface area contributed by atoms with Crippen LogP contribution in [0.2, 0.25) is 0 Å². The van der Waals surface area contributed by atoms with Gasteiger partial charge in [-0.3, -0.25) is 10.1 Å². The van der Waals surface area contributed by atoms with E-state index in [1.54, 1.807) is 24.3 Å². The summed E-state index contributed by atoms with van der Waals surface area (Å²) in [6.07, 6.45) is 0.174. The molecule has 2 heterocycles. The molecule has 1 amide bonds. The smallest absolute Gasteiger partial charge is 0.257 e. The highest BCUT2D eigenvalue weighted by Crippen LogP contribution is 2.39. The molecule has 0 saturated heterocycles. The van der Waals surface area contributed by atoms with Crippen molar-refractivity contribution in [2.45, 2.75) is 6.42 Å². The van der Waals surface area contributed by atoms with Gasteiger partial charge in [0.25, 0.3) is 5.91 Å². The summed E-state index contributed by atoms with van der Waals surface area (Å²) in [7, 11) is 0. The average Bonchev–Trinajstić information content (AvgIpc) is 3.00. The molecular formula is C15H10N6OS. The molecule has 0 radical (unpaired) electrons. The lowest BCUT2D eigenvalue weighted by Crippen LogP contribution is -2.28. The Kier molecular flexibility index (Phi) is 3.75. The number of carbonyl (C=O) groups is 1. The van der Waals surface area contributed by atoms with Gasteiger partial charge in [-0.2, -0.15) is 10.5 Å². The Morgan fingerprint density at radius 2 is 1.96 bits per heavy atom. The van der Waals surface area contributed by atoms with Gasteiger partial charge in [0.05, 0.1) is 23.3 Å². The normalized spacial score (nSPS) is 16.4. The molecule has 0 aliphatic carbocycles. The molecule has 3 rings (SSSR count). The lowest BCUT2D eigenvalue weighted by molar-refractivity contribution is 0.0977. The van der Waals surface area contributed by atoms with Gasteiger partial charge in [0.15, 0.2) is 5.17 Å². The van der Waals surface area contributed by atoms with E-state index in [-0.39, 0.29) is 23.7 Å². The van der Waals surface area contributed by atoms with Gasteiger partial charge in [-0.05, 0) is 23.9 Å². The van der Waals surface area contributed by atoms with Gasteiger partial charge in [-0.25, -0.2) is 5.01 Å². The number of nitriles is 2. The third-order valence-corrected chi connectivity index (χ3v) is 4.24. The van der Waals surface area contributed by atoms with Crippen molar-refractivity contribution in [1.29, 1.82) is 10.5 Å². The number of fused-ring (bicyclic) bond motifs is 1. The summed E-state index contributed by atoms with van der Waals surface area (Å²) in [5.74, 6) is -0.128. The number of nitrogens with zero attached hydrogens (tertiary/aromatic N) is 4. The molecule has 0 saturated carbocycles. The molecule has 7 nitrogen and oxygen atoms in total. The first-order valence-electron chi connectivity index (χ1n) is 6.59. The predicted molar refractivity (Wildman–Crippen MR) is 84.9 cm³/mol. The summed E-state index contributed by atoms with van der Waals surface area (Å²) in [5, 5.41) is 27.3. The third-order valence-electron chi connectivity index (χ3n) is 3.25. The molecule has 0 spiro atoms. The van der Waals surface area contributed by atoms with Gasteiger partial charge >= 0.3 is 0 Å². The highest BCUT2D eigenvalue weighted by molar-refractivity contribution is 8.17. The van der Waals surface area contributed by atoms with Gasteiger partial charge in [0.1, 0.15) is 10.9 Å². The van der Waals surface area contributed by atoms with Gasteiger partial charge in [-0.15, -0.1) is 5.10 Å². The van der Waals surface area contributed by atoms with Crippen molar-refractivity contribution >= 4 is 22.8 Å². The van der Waals surface area contributed by atoms with Gasteiger partial charge in [0.2, 0.25) is 0 Å². The van der Waals surface area contributed by atoms with Crippen molar-refractivity contribution < 1.29 is 4.79 Å². The first-order chi connectivity index (χ1) is 11.1. The van der Waals surface area contributed by atoms with Crippen molar-refractivity contribution in [3.63, 3.8) is 0 Å². The maximum atomic E-state index is 12.2. The number of thioether (sulfide) groups is 1. The standard InChI is InChI=1S/C15H10N6OS/c16-7-10-6-11(8-17)14-21(12(10)18)20-15(23-14)19-13(22)9-4-2-1-3-5-9/h1-5H,6,18H2,(H,19,20,22). The molecular weight excluding hydrogens is 312 g/mol. The lowest BCUT2D eigenvalue weighted by atomic mass is 10.1. The first-order valence-corrected chi connectivity index (χ1v) is 7.40. The van der Waals surface area contributed by atoms with Crippen LogP contribution in [-0.2, 0) is 0 Å². The van der Waals surface area contributed by atoms with Crippen LogP contribution < -0.4 is 11.1 Å². The monoisotopic (exact) mass is 322 g/mol. The van der Waals surface area contributed by atoms with E-state index in [4.69, 9.17) is 11.0 Å². The van der Waals surface area contributed by atoms with Crippen molar-refractivity contribution in [2.75, 3.05) is 0 Å². The Balaban J connectivity index is 1.86. The van der Waals surface area contributed by atoms with E-state index in [2.05, 4.69) is 16.5 Å². The molecule has 0 unspecified atom stereocenters. The molecule has 112 valence electrons. The molecule has 0 atom stereocenters. The maximum Gasteiger partial charge on any atom is 0.257 e. The van der Waals surface area contributed by atoms with Gasteiger partial charge in [-0.1, -0.05) is 18.2 Å². The van der Waals surface area contributed by atoms with Crippen LogP contribution in [0.15, 0.2) is 57.4 Å². The van der Waals surface area contributed by atoms with E-state index in [1.807, 2.05) is 12.1 Å². The van der Waals surface area contributed by atoms with Gasteiger partial charge < -0.3 is 5.73 Å². The summed E-state index contributed by atoms with van der Waals surface area (Å²) >= 11 is 1.14. The van der Waals surface area contributed by atoms with E-state index in [9.17, 15) is 10.1 Å². The molecule has 2 aliphatic heterocycles. The zero-order valence-corrected chi connectivity index (χ0v) is 12.6. The van der Waals surface area contributed by atoms with E-state index in [0.717, 1.165) is 11.8 Å². The summed E-state index contributed by atoms with van der Waals surface area (Å²) in [6, 6.07) is 12.7. The van der Waals surface area contributed by atoms with E-state index in [0.29, 0.717) is 21.3 Å². The summed E-state index contributed by atoms with van der Waals surface area (Å²) in [4.78, 5) is 12.2. The minimum absolute atomic E-state index is 0.174. The van der Waals surface area contributed by atoms with Crippen molar-refractivity contribution in [2.24, 2.45) is 10.8 Å². The van der Waals surface area contributed by atoms with Crippen LogP contribution in [0.4, 0.5) is 0 Å². The van der Waals surface area contributed by atoms with E-state index in [1.165, 1.54) is 5.01 Å². The minimum atomic E-state index is -0.307. The van der Waals surface area contributed by atoms with Crippen molar-refractivity contribution in [3.05, 3.63) is 57.9 Å². The van der Waals surface area contributed by atoms with Gasteiger partial charge in [0, 0.05) is 12.0 Å². The fraction of sp³-hybridized carbons (Fsp3) is 0.0667. The fourth-order valence-corrected chi connectivity index (χ4v) is 3.02. The summed E-state index contributed by atoms with van der Waals surface area (Å²) < 4.78 is 0. The van der Waals surface area contributed by atoms with Crippen LogP contribution in [0.25, 0.3) is 0 Å². The molecule has 1 aromatic carbocycles. The van der Waals surface area contributed by atoms with Crippen LogP contribution in [-0.4, -0.2) is 16.1 Å². The lowest BCUT2D eigenvalue weighted by Gasteiger charge is -2.22. The highest BCUT2D eigenvalue weighted by Gasteiger charge is 2.33. The Labute approximate surface area is 136 Å². The SMILES string of the molecule is N#CC1=C(N)N2N=C(NC(=O)c3ccccc3)SC2=C(C#N)C1. The molecule has 8 heteroatoms. The number of amidine groups is 1. The number of rotatable bonds is 1. The van der Waals surface area contributed by atoms with Crippen LogP contribution in [0.3, 0.4) is 0 Å². The zero-order valence-electron chi connectivity index (χ0n) is 11.8. The molecule has 0 fully saturated rings. The van der Waals surface area contributed by atoms with Crippen LogP contribution in [0.5, 0.6) is 0 Å². The number of nitrogens with one attached hydrogen (secondary N) is 1. The summed E-state index contributed by atoms with van der Waals surface area (Å²) in [5.41, 5.74) is 7.08. The Morgan fingerprint density at radius 1 is 1.26 bits per heavy atom. The second-order valence-electron chi connectivity index (χ2n) is 4.69. The zero-order chi connectivity index (χ0) is 16.4. The predicted octanol–water partition coefficient (Wildman–Crippen LogP) is 1.57. The first kappa shape index (κ1) is 14.7. The molecule has 1 aromatic rings. The number of hydrazone groups is 1. The number of allylic oxidation sites excluding steroid dienone is 2. The molecule has 23 heavy (non-hydrogen) atoms. The second kappa shape index (κ2) is 5.87. The average molecular weight is 322 g/mol. The van der Waals surface area contributed by atoms with Crippen LogP contribution >= 0.6 is 11.8 Å². The Morgan fingerprint density at radius 3 is 2.61 bits per heavy atom. The highest BCUT2D eigenvalue weighted by atomic mass is 32.2. The number of carbonyl (C=O) groups excluding carboxylic acids is 1. The van der Waals surface area contributed by atoms with Crippen LogP contribution in [0, 0.1) is 22.7 Å². The Hall–Kier alpha value is -3.23. The minimum Gasteiger partial charge on any atom is -0.383 e. The summed E-state index contributed by atoms with van der Waals surface area (Å²) in [6.45, 7) is 0. The largest absolute Gasteiger partial charge is 0.383 e. The topological polar surface area (TPSA) is 118 Å².